The lowest BCUT2D eigenvalue weighted by molar-refractivity contribution is 0.592. The molecule has 0 radical (unpaired) electrons. The first-order valence-corrected chi connectivity index (χ1v) is 21.1. The minimum Gasteiger partial charge on any atom is -0.309 e. The Bertz CT molecular complexity index is 2610. The summed E-state index contributed by atoms with van der Waals surface area (Å²) < 4.78 is 16.3. The molecule has 1 heterocycles. The number of aromatic nitrogens is 1. The first-order valence-electron chi connectivity index (χ1n) is 19.4. The van der Waals surface area contributed by atoms with Crippen LogP contribution in [0.1, 0.15) is 0 Å². The molecule has 0 bridgehead atoms. The van der Waals surface area contributed by atoms with Gasteiger partial charge in [-0.1, -0.05) is 182 Å². The molecule has 0 amide bonds. The monoisotopic (exact) mass is 765 g/mol. The minimum atomic E-state index is -3.48. The molecule has 0 saturated carbocycles. The van der Waals surface area contributed by atoms with Gasteiger partial charge in [0.05, 0.1) is 0 Å². The molecule has 9 rings (SSSR count). The van der Waals surface area contributed by atoms with Crippen LogP contribution in [-0.4, -0.2) is 4.98 Å². The quantitative estimate of drug-likeness (QED) is 0.123. The van der Waals surface area contributed by atoms with Crippen molar-refractivity contribution in [1.82, 2.24) is 4.98 Å². The molecule has 0 aliphatic carbocycles. The largest absolute Gasteiger partial charge is 0.309 e. The molecule has 0 fully saturated rings. The molecule has 8 aromatic carbocycles. The van der Waals surface area contributed by atoms with E-state index in [1.54, 1.807) is 0 Å². The summed E-state index contributed by atoms with van der Waals surface area (Å²) in [5.74, 6) is 1.27. The Labute approximate surface area is 340 Å². The van der Waals surface area contributed by atoms with E-state index < -0.39 is 7.14 Å². The van der Waals surface area contributed by atoms with Gasteiger partial charge in [0.2, 0.25) is 0 Å². The first-order chi connectivity index (χ1) is 28.6. The third-order valence-electron chi connectivity index (χ3n) is 10.3. The molecule has 0 aliphatic rings. The van der Waals surface area contributed by atoms with Crippen molar-refractivity contribution >= 4 is 57.4 Å². The van der Waals surface area contributed by atoms with Crippen LogP contribution in [0.25, 0.3) is 22.3 Å². The van der Waals surface area contributed by atoms with Crippen LogP contribution in [-0.2, 0) is 4.57 Å². The van der Waals surface area contributed by atoms with E-state index in [2.05, 4.69) is 131 Å². The molecule has 1 aromatic heterocycles. The van der Waals surface area contributed by atoms with E-state index in [4.69, 9.17) is 4.98 Å². The van der Waals surface area contributed by atoms with Crippen LogP contribution in [0.2, 0.25) is 0 Å². The van der Waals surface area contributed by atoms with Gasteiger partial charge in [-0.2, -0.15) is 0 Å². The lowest BCUT2D eigenvalue weighted by atomic mass is 10.0. The highest BCUT2D eigenvalue weighted by atomic mass is 31.2. The van der Waals surface area contributed by atoms with E-state index in [9.17, 15) is 0 Å². The van der Waals surface area contributed by atoms with Crippen LogP contribution < -0.4 is 25.7 Å². The summed E-state index contributed by atoms with van der Waals surface area (Å²) in [4.78, 5) is 9.92. The predicted molar refractivity (Wildman–Crippen MR) is 244 cm³/mol. The normalized spacial score (nSPS) is 11.2. The fourth-order valence-corrected chi connectivity index (χ4v) is 10.2. The van der Waals surface area contributed by atoms with Crippen LogP contribution >= 0.6 is 7.14 Å². The molecular formula is C53H40N3OP. The van der Waals surface area contributed by atoms with Crippen molar-refractivity contribution in [1.29, 1.82) is 0 Å². The average molecular weight is 766 g/mol. The minimum absolute atomic E-state index is 0.635. The number of para-hydroxylation sites is 2. The maximum absolute atomic E-state index is 16.3. The summed E-state index contributed by atoms with van der Waals surface area (Å²) in [5.41, 5.74) is 8.10. The third kappa shape index (κ3) is 7.37. The molecule has 0 saturated heterocycles. The van der Waals surface area contributed by atoms with E-state index >= 15 is 4.57 Å². The fourth-order valence-electron chi connectivity index (χ4n) is 7.51. The summed E-state index contributed by atoms with van der Waals surface area (Å²) in [6, 6.07) is 82.2. The summed E-state index contributed by atoms with van der Waals surface area (Å²) >= 11 is 0. The van der Waals surface area contributed by atoms with Crippen molar-refractivity contribution in [3.8, 4) is 22.3 Å². The smallest absolute Gasteiger partial charge is 0.171 e. The van der Waals surface area contributed by atoms with E-state index in [1.807, 2.05) is 121 Å². The number of hydrogen-bond donors (Lipinski definition) is 0. The number of anilines is 6. The second-order valence-corrected chi connectivity index (χ2v) is 16.8. The summed E-state index contributed by atoms with van der Waals surface area (Å²) in [6.45, 7) is 0. The maximum Gasteiger partial charge on any atom is 0.171 e. The Balaban J connectivity index is 1.34. The fraction of sp³-hybridized carbons (Fsp3) is 0. The number of rotatable bonds is 11. The standard InChI is InChI=1S/C53H40N3OP/c57-58(49-33-15-5-16-34-49,50-35-17-6-18-36-50)51-39-52(55(45-27-11-3-12-28-45)47-31-19-25-43(37-47)41-21-7-1-8-22-41)54-53(40-51)56(46-29-13-4-14-30-46)48-32-20-26-44(38-48)42-23-9-2-10-24-42/h1-40H. The van der Waals surface area contributed by atoms with Gasteiger partial charge in [0.25, 0.3) is 0 Å². The molecule has 4 nitrogen and oxygen atoms in total. The average Bonchev–Trinajstić information content (AvgIpc) is 3.31. The highest BCUT2D eigenvalue weighted by molar-refractivity contribution is 7.85. The summed E-state index contributed by atoms with van der Waals surface area (Å²) in [5, 5.41) is 2.17. The molecule has 0 N–H and O–H groups in total. The zero-order valence-corrected chi connectivity index (χ0v) is 32.7. The zero-order valence-electron chi connectivity index (χ0n) is 31.8. The van der Waals surface area contributed by atoms with Crippen molar-refractivity contribution in [3.05, 3.63) is 243 Å². The topological polar surface area (TPSA) is 36.4 Å². The van der Waals surface area contributed by atoms with Crippen LogP contribution in [0.5, 0.6) is 0 Å². The van der Waals surface area contributed by atoms with Crippen molar-refractivity contribution in [2.75, 3.05) is 9.80 Å². The van der Waals surface area contributed by atoms with Gasteiger partial charge < -0.3 is 4.57 Å². The number of hydrogen-bond acceptors (Lipinski definition) is 4. The highest BCUT2D eigenvalue weighted by Gasteiger charge is 2.33. The molecule has 58 heavy (non-hydrogen) atoms. The van der Waals surface area contributed by atoms with Gasteiger partial charge in [-0.25, -0.2) is 4.98 Å². The van der Waals surface area contributed by atoms with Crippen LogP contribution in [0.4, 0.5) is 34.4 Å². The lowest BCUT2D eigenvalue weighted by Gasteiger charge is -2.30. The molecule has 0 spiro atoms. The lowest BCUT2D eigenvalue weighted by Crippen LogP contribution is -2.27. The van der Waals surface area contributed by atoms with Gasteiger partial charge in [0.1, 0.15) is 11.6 Å². The Morgan fingerprint density at radius 2 is 0.603 bits per heavy atom. The third-order valence-corrected chi connectivity index (χ3v) is 13.3. The summed E-state index contributed by atoms with van der Waals surface area (Å²) in [6.07, 6.45) is 0. The maximum atomic E-state index is 16.3. The second kappa shape index (κ2) is 16.5. The Kier molecular flexibility index (Phi) is 10.3. The molecule has 278 valence electrons. The van der Waals surface area contributed by atoms with Gasteiger partial charge in [0.15, 0.2) is 7.14 Å². The molecule has 5 heteroatoms. The SMILES string of the molecule is O=P(c1ccccc1)(c1ccccc1)c1cc(N(c2ccccc2)c2cccc(-c3ccccc3)c2)nc(N(c2ccccc2)c2cccc(-c3ccccc3)c2)c1. The van der Waals surface area contributed by atoms with Gasteiger partial charge in [0, 0.05) is 38.7 Å². The molecule has 0 aliphatic heterocycles. The van der Waals surface area contributed by atoms with Crippen molar-refractivity contribution < 1.29 is 4.57 Å². The van der Waals surface area contributed by atoms with Crippen molar-refractivity contribution in [2.45, 2.75) is 0 Å². The Morgan fingerprint density at radius 3 is 0.983 bits per heavy atom. The molecular weight excluding hydrogens is 726 g/mol. The summed E-state index contributed by atoms with van der Waals surface area (Å²) in [7, 11) is -3.48. The van der Waals surface area contributed by atoms with Crippen LogP contribution in [0.15, 0.2) is 243 Å². The molecule has 0 unspecified atom stereocenters. The molecule has 0 atom stereocenters. The van der Waals surface area contributed by atoms with Gasteiger partial charge >= 0.3 is 0 Å². The van der Waals surface area contributed by atoms with Gasteiger partial charge in [-0.15, -0.1) is 0 Å². The van der Waals surface area contributed by atoms with E-state index in [0.717, 1.165) is 55.6 Å². The van der Waals surface area contributed by atoms with E-state index in [0.29, 0.717) is 16.9 Å². The van der Waals surface area contributed by atoms with E-state index in [1.165, 1.54) is 0 Å². The Hall–Kier alpha value is -7.26. The van der Waals surface area contributed by atoms with Crippen LogP contribution in [0.3, 0.4) is 0 Å². The highest BCUT2D eigenvalue weighted by Crippen LogP contribution is 2.46. The number of nitrogens with zero attached hydrogens (tertiary/aromatic N) is 3. The molecule has 9 aromatic rings. The predicted octanol–water partition coefficient (Wildman–Crippen LogP) is 13.0. The Morgan fingerprint density at radius 1 is 0.293 bits per heavy atom. The van der Waals surface area contributed by atoms with Gasteiger partial charge in [-0.3, -0.25) is 9.80 Å². The van der Waals surface area contributed by atoms with E-state index in [-0.39, 0.29) is 0 Å². The van der Waals surface area contributed by atoms with Crippen molar-refractivity contribution in [2.24, 2.45) is 0 Å². The second-order valence-electron chi connectivity index (χ2n) is 14.0. The van der Waals surface area contributed by atoms with Crippen LogP contribution in [0, 0.1) is 0 Å². The number of pyridine rings is 1. The van der Waals surface area contributed by atoms with Gasteiger partial charge in [-0.05, 0) is 82.9 Å². The first kappa shape index (κ1) is 36.4. The zero-order chi connectivity index (χ0) is 39.2. The number of benzene rings is 8. The van der Waals surface area contributed by atoms with Crippen molar-refractivity contribution in [3.63, 3.8) is 0 Å².